The highest BCUT2D eigenvalue weighted by atomic mass is 16.4. The first-order valence-electron chi connectivity index (χ1n) is 8.17. The first-order valence-corrected chi connectivity index (χ1v) is 8.17. The van der Waals surface area contributed by atoms with Crippen LogP contribution in [0.2, 0.25) is 0 Å². The van der Waals surface area contributed by atoms with E-state index in [2.05, 4.69) is 11.8 Å². The van der Waals surface area contributed by atoms with Crippen LogP contribution in [0.5, 0.6) is 0 Å². The third kappa shape index (κ3) is 2.54. The summed E-state index contributed by atoms with van der Waals surface area (Å²) in [5, 5.41) is 9.12. The second-order valence-corrected chi connectivity index (χ2v) is 6.99. The minimum absolute atomic E-state index is 0.0729. The summed E-state index contributed by atoms with van der Waals surface area (Å²) in [5.41, 5.74) is 0. The van der Waals surface area contributed by atoms with Crippen molar-refractivity contribution < 1.29 is 9.90 Å². The Hall–Kier alpha value is -0.570. The largest absolute Gasteiger partial charge is 0.481 e. The van der Waals surface area contributed by atoms with Gasteiger partial charge in [-0.25, -0.2) is 0 Å². The summed E-state index contributed by atoms with van der Waals surface area (Å²) in [6.45, 7) is 2.39. The Labute approximate surface area is 116 Å². The Morgan fingerprint density at radius 2 is 1.74 bits per heavy atom. The summed E-state index contributed by atoms with van der Waals surface area (Å²) in [6, 6.07) is 2.20. The predicted octanol–water partition coefficient (Wildman–Crippen LogP) is 3.28. The molecule has 1 saturated heterocycles. The van der Waals surface area contributed by atoms with Crippen LogP contribution in [0, 0.1) is 11.8 Å². The summed E-state index contributed by atoms with van der Waals surface area (Å²) in [7, 11) is 0. The smallest absolute Gasteiger partial charge is 0.306 e. The molecule has 2 aliphatic carbocycles. The van der Waals surface area contributed by atoms with Crippen molar-refractivity contribution >= 4 is 5.97 Å². The molecule has 1 N–H and O–H groups in total. The maximum Gasteiger partial charge on any atom is 0.306 e. The lowest BCUT2D eigenvalue weighted by Crippen LogP contribution is -2.47. The van der Waals surface area contributed by atoms with E-state index in [9.17, 15) is 4.79 Å². The molecule has 3 nitrogen and oxygen atoms in total. The number of hydrogen-bond donors (Lipinski definition) is 1. The molecule has 0 spiro atoms. The summed E-state index contributed by atoms with van der Waals surface area (Å²) in [5.74, 6) is 0.278. The Kier molecular flexibility index (Phi) is 3.84. The van der Waals surface area contributed by atoms with E-state index in [1.54, 1.807) is 0 Å². The molecule has 1 aliphatic heterocycles. The van der Waals surface area contributed by atoms with Crippen molar-refractivity contribution in [1.29, 1.82) is 0 Å². The molecule has 0 aromatic rings. The predicted molar refractivity (Wildman–Crippen MR) is 75.0 cm³/mol. The molecule has 0 amide bonds. The molecule has 3 aliphatic rings. The lowest BCUT2D eigenvalue weighted by Gasteiger charge is -2.41. The van der Waals surface area contributed by atoms with Gasteiger partial charge in [0.2, 0.25) is 0 Å². The fourth-order valence-electron chi connectivity index (χ4n) is 4.99. The first-order chi connectivity index (χ1) is 9.16. The SMILES string of the molecule is CC1CC2CCCCC2N1C1CCC(C(=O)O)CC1. The van der Waals surface area contributed by atoms with Gasteiger partial charge in [0.1, 0.15) is 0 Å². The summed E-state index contributed by atoms with van der Waals surface area (Å²) >= 11 is 0. The molecule has 0 aromatic carbocycles. The third-order valence-corrected chi connectivity index (χ3v) is 5.87. The number of fused-ring (bicyclic) bond motifs is 1. The number of carbonyl (C=O) groups is 1. The number of carboxylic acids is 1. The van der Waals surface area contributed by atoms with Crippen LogP contribution >= 0.6 is 0 Å². The van der Waals surface area contributed by atoms with Crippen molar-refractivity contribution in [1.82, 2.24) is 4.90 Å². The van der Waals surface area contributed by atoms with Crippen molar-refractivity contribution in [3.63, 3.8) is 0 Å². The number of hydrogen-bond acceptors (Lipinski definition) is 2. The Morgan fingerprint density at radius 3 is 2.42 bits per heavy atom. The zero-order valence-electron chi connectivity index (χ0n) is 12.1. The number of aliphatic carboxylic acids is 1. The summed E-state index contributed by atoms with van der Waals surface area (Å²) in [4.78, 5) is 13.9. The molecule has 0 radical (unpaired) electrons. The van der Waals surface area contributed by atoms with Crippen LogP contribution in [0.3, 0.4) is 0 Å². The number of rotatable bonds is 2. The third-order valence-electron chi connectivity index (χ3n) is 5.87. The van der Waals surface area contributed by atoms with E-state index in [0.29, 0.717) is 6.04 Å². The molecule has 3 fully saturated rings. The Morgan fingerprint density at radius 1 is 1.05 bits per heavy atom. The van der Waals surface area contributed by atoms with Crippen LogP contribution in [-0.2, 0) is 4.79 Å². The highest BCUT2D eigenvalue weighted by Crippen LogP contribution is 2.43. The van der Waals surface area contributed by atoms with Crippen molar-refractivity contribution in [3.8, 4) is 0 Å². The highest BCUT2D eigenvalue weighted by molar-refractivity contribution is 5.70. The average molecular weight is 265 g/mol. The van der Waals surface area contributed by atoms with Crippen molar-refractivity contribution in [2.24, 2.45) is 11.8 Å². The molecular formula is C16H27NO2. The van der Waals surface area contributed by atoms with E-state index in [4.69, 9.17) is 5.11 Å². The zero-order chi connectivity index (χ0) is 13.4. The molecule has 0 aromatic heterocycles. The second kappa shape index (κ2) is 5.43. The van der Waals surface area contributed by atoms with Gasteiger partial charge in [0.25, 0.3) is 0 Å². The summed E-state index contributed by atoms with van der Waals surface area (Å²) in [6.07, 6.45) is 11.0. The zero-order valence-corrected chi connectivity index (χ0v) is 12.1. The van der Waals surface area contributed by atoms with E-state index in [-0.39, 0.29) is 5.92 Å². The van der Waals surface area contributed by atoms with Crippen LogP contribution in [0.1, 0.15) is 64.7 Å². The topological polar surface area (TPSA) is 40.5 Å². The number of nitrogens with zero attached hydrogens (tertiary/aromatic N) is 1. The minimum Gasteiger partial charge on any atom is -0.481 e. The van der Waals surface area contributed by atoms with Gasteiger partial charge in [0.15, 0.2) is 0 Å². The van der Waals surface area contributed by atoms with Gasteiger partial charge in [0.05, 0.1) is 5.92 Å². The van der Waals surface area contributed by atoms with Crippen molar-refractivity contribution in [2.45, 2.75) is 82.8 Å². The van der Waals surface area contributed by atoms with Crippen LogP contribution in [-0.4, -0.2) is 34.1 Å². The van der Waals surface area contributed by atoms with E-state index in [1.807, 2.05) is 0 Å². The summed E-state index contributed by atoms with van der Waals surface area (Å²) < 4.78 is 0. The fourth-order valence-corrected chi connectivity index (χ4v) is 4.99. The molecule has 2 saturated carbocycles. The van der Waals surface area contributed by atoms with Crippen molar-refractivity contribution in [2.75, 3.05) is 0 Å². The fraction of sp³-hybridized carbons (Fsp3) is 0.938. The quantitative estimate of drug-likeness (QED) is 0.833. The van der Waals surface area contributed by atoms with E-state index in [0.717, 1.165) is 43.7 Å². The molecule has 0 bridgehead atoms. The van der Waals surface area contributed by atoms with Gasteiger partial charge in [-0.05, 0) is 57.8 Å². The standard InChI is InChI=1S/C16H27NO2/c1-11-10-13-4-2-3-5-15(13)17(11)14-8-6-12(7-9-14)16(18)19/h11-15H,2-10H2,1H3,(H,18,19). The van der Waals surface area contributed by atoms with E-state index < -0.39 is 5.97 Å². The molecular weight excluding hydrogens is 238 g/mol. The van der Waals surface area contributed by atoms with E-state index >= 15 is 0 Å². The maximum absolute atomic E-state index is 11.1. The Bertz CT molecular complexity index is 336. The van der Waals surface area contributed by atoms with E-state index in [1.165, 1.54) is 32.1 Å². The van der Waals surface area contributed by atoms with Gasteiger partial charge >= 0.3 is 5.97 Å². The molecule has 1 heterocycles. The monoisotopic (exact) mass is 265 g/mol. The second-order valence-electron chi connectivity index (χ2n) is 6.99. The number of carboxylic acid groups (broad SMARTS) is 1. The lowest BCUT2D eigenvalue weighted by molar-refractivity contribution is -0.143. The van der Waals surface area contributed by atoms with Gasteiger partial charge < -0.3 is 5.11 Å². The maximum atomic E-state index is 11.1. The minimum atomic E-state index is -0.580. The van der Waals surface area contributed by atoms with Gasteiger partial charge in [-0.2, -0.15) is 0 Å². The molecule has 3 heteroatoms. The van der Waals surface area contributed by atoms with Crippen molar-refractivity contribution in [3.05, 3.63) is 0 Å². The normalized spacial score (nSPS) is 43.9. The van der Waals surface area contributed by atoms with Gasteiger partial charge in [-0.1, -0.05) is 12.8 Å². The molecule has 3 rings (SSSR count). The van der Waals surface area contributed by atoms with Crippen LogP contribution in [0.25, 0.3) is 0 Å². The van der Waals surface area contributed by atoms with Gasteiger partial charge in [-0.15, -0.1) is 0 Å². The first kappa shape index (κ1) is 13.4. The molecule has 19 heavy (non-hydrogen) atoms. The van der Waals surface area contributed by atoms with Crippen LogP contribution in [0.4, 0.5) is 0 Å². The highest BCUT2D eigenvalue weighted by Gasteiger charge is 2.44. The van der Waals surface area contributed by atoms with Gasteiger partial charge in [-0.3, -0.25) is 9.69 Å². The molecule has 108 valence electrons. The Balaban J connectivity index is 1.64. The van der Waals surface area contributed by atoms with Crippen LogP contribution < -0.4 is 0 Å². The molecule has 3 atom stereocenters. The lowest BCUT2D eigenvalue weighted by atomic mass is 9.82. The average Bonchev–Trinajstić information content (AvgIpc) is 2.74. The number of likely N-dealkylation sites (tertiary alicyclic amines) is 1. The van der Waals surface area contributed by atoms with Gasteiger partial charge in [0, 0.05) is 18.1 Å². The van der Waals surface area contributed by atoms with Crippen LogP contribution in [0.15, 0.2) is 0 Å². The molecule has 3 unspecified atom stereocenters.